The number of hydrogen-bond acceptors (Lipinski definition) is 7. The molecule has 10 nitrogen and oxygen atoms in total. The molecule has 4 rings (SSSR count). The lowest BCUT2D eigenvalue weighted by Gasteiger charge is -2.17. The maximum atomic E-state index is 13.3. The fourth-order valence-corrected chi connectivity index (χ4v) is 3.26. The summed E-state index contributed by atoms with van der Waals surface area (Å²) in [5.74, 6) is 0.683. The molecule has 0 spiro atoms. The Balaban J connectivity index is 1.65. The molecule has 0 bridgehead atoms. The third kappa shape index (κ3) is 3.54. The zero-order valence-electron chi connectivity index (χ0n) is 17.0. The Hall–Kier alpha value is -3.95. The summed E-state index contributed by atoms with van der Waals surface area (Å²) in [5.41, 5.74) is 2.13. The summed E-state index contributed by atoms with van der Waals surface area (Å²) in [7, 11) is 3.32. The van der Waals surface area contributed by atoms with Crippen molar-refractivity contribution in [2.24, 2.45) is 7.05 Å². The number of rotatable bonds is 5. The highest BCUT2D eigenvalue weighted by atomic mass is 16.5. The van der Waals surface area contributed by atoms with Crippen molar-refractivity contribution in [1.29, 1.82) is 0 Å². The lowest BCUT2D eigenvalue weighted by atomic mass is 10.1. The molecule has 0 aliphatic carbocycles. The van der Waals surface area contributed by atoms with E-state index in [9.17, 15) is 9.59 Å². The van der Waals surface area contributed by atoms with Crippen LogP contribution in [0.15, 0.2) is 39.5 Å². The molecule has 0 fully saturated rings. The van der Waals surface area contributed by atoms with Crippen molar-refractivity contribution in [3.8, 4) is 11.5 Å². The van der Waals surface area contributed by atoms with Gasteiger partial charge >= 0.3 is 0 Å². The van der Waals surface area contributed by atoms with Crippen LogP contribution in [0.5, 0.6) is 0 Å². The van der Waals surface area contributed by atoms with Crippen LogP contribution in [0, 0.1) is 13.8 Å². The third-order valence-corrected chi connectivity index (χ3v) is 4.60. The molecule has 30 heavy (non-hydrogen) atoms. The number of fused-ring (bicyclic) bond motifs is 1. The largest absolute Gasteiger partial charge is 0.463 e. The number of carbonyl (C=O) groups excluding carboxylic acids is 2. The normalized spacial score (nSPS) is 11.1. The molecule has 10 heteroatoms. The van der Waals surface area contributed by atoms with E-state index in [4.69, 9.17) is 8.94 Å². The predicted octanol–water partition coefficient (Wildman–Crippen LogP) is 2.54. The minimum Gasteiger partial charge on any atom is -0.463 e. The molecule has 0 aliphatic rings. The molecule has 4 aromatic rings. The lowest BCUT2D eigenvalue weighted by molar-refractivity contribution is -0.116. The fraction of sp³-hybridized carbons (Fsp3) is 0.250. The van der Waals surface area contributed by atoms with Crippen molar-refractivity contribution in [1.82, 2.24) is 24.8 Å². The molecule has 0 unspecified atom stereocenters. The highest BCUT2D eigenvalue weighted by Crippen LogP contribution is 2.27. The van der Waals surface area contributed by atoms with Gasteiger partial charge in [0.15, 0.2) is 17.2 Å². The Labute approximate surface area is 171 Å². The Morgan fingerprint density at radius 3 is 2.73 bits per heavy atom. The predicted molar refractivity (Wildman–Crippen MR) is 108 cm³/mol. The average Bonchev–Trinajstić information content (AvgIpc) is 3.43. The number of anilines is 1. The number of nitrogens with zero attached hydrogens (tertiary/aromatic N) is 5. The first-order chi connectivity index (χ1) is 14.3. The Morgan fingerprint density at radius 2 is 2.07 bits per heavy atom. The van der Waals surface area contributed by atoms with E-state index in [0.717, 1.165) is 0 Å². The van der Waals surface area contributed by atoms with Crippen LogP contribution in [0.1, 0.15) is 21.8 Å². The number of nitrogens with one attached hydrogen (secondary N) is 1. The molecule has 0 radical (unpaired) electrons. The van der Waals surface area contributed by atoms with Crippen LogP contribution in [-0.4, -0.2) is 50.2 Å². The Morgan fingerprint density at radius 1 is 1.27 bits per heavy atom. The van der Waals surface area contributed by atoms with Crippen LogP contribution >= 0.6 is 0 Å². The number of carbonyl (C=O) groups is 2. The molecule has 4 heterocycles. The van der Waals surface area contributed by atoms with Gasteiger partial charge in [-0.15, -0.1) is 0 Å². The van der Waals surface area contributed by atoms with Gasteiger partial charge in [0.2, 0.25) is 5.91 Å². The average molecular weight is 408 g/mol. The first-order valence-electron chi connectivity index (χ1n) is 9.20. The van der Waals surface area contributed by atoms with Crippen LogP contribution in [0.4, 0.5) is 5.82 Å². The number of aryl methyl sites for hydroxylation is 3. The fourth-order valence-electron chi connectivity index (χ4n) is 3.26. The van der Waals surface area contributed by atoms with Crippen molar-refractivity contribution < 1.29 is 18.5 Å². The van der Waals surface area contributed by atoms with E-state index in [1.165, 1.54) is 4.90 Å². The third-order valence-electron chi connectivity index (χ3n) is 4.60. The summed E-state index contributed by atoms with van der Waals surface area (Å²) in [6, 6.07) is 6.77. The topological polar surface area (TPSA) is 119 Å². The van der Waals surface area contributed by atoms with Crippen molar-refractivity contribution >= 4 is 28.7 Å². The lowest BCUT2D eigenvalue weighted by Crippen LogP contribution is -2.35. The van der Waals surface area contributed by atoms with Gasteiger partial charge in [0.25, 0.3) is 5.91 Å². The van der Waals surface area contributed by atoms with Gasteiger partial charge in [-0.1, -0.05) is 5.16 Å². The van der Waals surface area contributed by atoms with E-state index >= 15 is 0 Å². The second-order valence-electron chi connectivity index (χ2n) is 6.97. The van der Waals surface area contributed by atoms with Crippen LogP contribution in [-0.2, 0) is 11.8 Å². The van der Waals surface area contributed by atoms with Gasteiger partial charge in [-0.3, -0.25) is 14.3 Å². The molecular formula is C20H20N6O4. The van der Waals surface area contributed by atoms with Crippen molar-refractivity contribution in [2.45, 2.75) is 13.8 Å². The molecule has 0 aliphatic heterocycles. The van der Waals surface area contributed by atoms with E-state index in [2.05, 4.69) is 20.6 Å². The van der Waals surface area contributed by atoms with Gasteiger partial charge in [0, 0.05) is 20.2 Å². The standard InChI is InChI=1S/C20H20N6O4/c1-11-8-16(24-30-11)22-17(27)10-25(3)20(28)13-9-14(15-6-5-7-29-15)21-19-18(13)12(2)23-26(19)4/h5-9H,10H2,1-4H3,(H,22,24,27). The van der Waals surface area contributed by atoms with Gasteiger partial charge < -0.3 is 19.2 Å². The summed E-state index contributed by atoms with van der Waals surface area (Å²) in [6.45, 7) is 3.37. The molecule has 4 aromatic heterocycles. The van der Waals surface area contributed by atoms with E-state index < -0.39 is 5.91 Å². The molecule has 1 N–H and O–H groups in total. The Bertz CT molecular complexity index is 1240. The summed E-state index contributed by atoms with van der Waals surface area (Å²) < 4.78 is 12.0. The van der Waals surface area contributed by atoms with Gasteiger partial charge in [-0.2, -0.15) is 5.10 Å². The second kappa shape index (κ2) is 7.47. The van der Waals surface area contributed by atoms with E-state index in [-0.39, 0.29) is 12.5 Å². The summed E-state index contributed by atoms with van der Waals surface area (Å²) in [6.07, 6.45) is 1.54. The van der Waals surface area contributed by atoms with Crippen LogP contribution in [0.25, 0.3) is 22.5 Å². The quantitative estimate of drug-likeness (QED) is 0.539. The first kappa shape index (κ1) is 19.4. The zero-order valence-corrected chi connectivity index (χ0v) is 17.0. The molecular weight excluding hydrogens is 388 g/mol. The van der Waals surface area contributed by atoms with Crippen LogP contribution in [0.3, 0.4) is 0 Å². The molecule has 0 saturated carbocycles. The highest BCUT2D eigenvalue weighted by Gasteiger charge is 2.23. The van der Waals surface area contributed by atoms with Gasteiger partial charge in [0.05, 0.1) is 29.5 Å². The maximum absolute atomic E-state index is 13.3. The first-order valence-corrected chi connectivity index (χ1v) is 9.20. The number of furan rings is 1. The smallest absolute Gasteiger partial charge is 0.254 e. The van der Waals surface area contributed by atoms with E-state index in [0.29, 0.717) is 45.3 Å². The monoisotopic (exact) mass is 408 g/mol. The maximum Gasteiger partial charge on any atom is 0.254 e. The SMILES string of the molecule is Cc1cc(NC(=O)CN(C)C(=O)c2cc(-c3ccco3)nc3c2c(C)nn3C)no1. The number of aromatic nitrogens is 4. The van der Waals surface area contributed by atoms with Crippen molar-refractivity contribution in [2.75, 3.05) is 18.9 Å². The highest BCUT2D eigenvalue weighted by molar-refractivity contribution is 6.08. The number of hydrogen-bond donors (Lipinski definition) is 1. The second-order valence-corrected chi connectivity index (χ2v) is 6.97. The minimum absolute atomic E-state index is 0.163. The molecule has 0 saturated heterocycles. The molecule has 2 amide bonds. The van der Waals surface area contributed by atoms with Crippen LogP contribution in [0.2, 0.25) is 0 Å². The number of amides is 2. The van der Waals surface area contributed by atoms with Crippen LogP contribution < -0.4 is 5.32 Å². The summed E-state index contributed by atoms with van der Waals surface area (Å²) >= 11 is 0. The zero-order chi connectivity index (χ0) is 21.4. The summed E-state index contributed by atoms with van der Waals surface area (Å²) in [4.78, 5) is 31.5. The van der Waals surface area contributed by atoms with E-state index in [1.54, 1.807) is 56.2 Å². The minimum atomic E-state index is -0.390. The Kier molecular flexibility index (Phi) is 4.82. The van der Waals surface area contributed by atoms with Gasteiger partial charge in [-0.25, -0.2) is 4.98 Å². The summed E-state index contributed by atoms with van der Waals surface area (Å²) in [5, 5.41) is 11.4. The number of pyridine rings is 1. The van der Waals surface area contributed by atoms with Gasteiger partial charge in [0.1, 0.15) is 11.5 Å². The molecule has 0 aromatic carbocycles. The molecule has 0 atom stereocenters. The van der Waals surface area contributed by atoms with Crippen molar-refractivity contribution in [3.63, 3.8) is 0 Å². The van der Waals surface area contributed by atoms with E-state index in [1.807, 2.05) is 6.92 Å². The van der Waals surface area contributed by atoms with Gasteiger partial charge in [-0.05, 0) is 32.0 Å². The molecule has 154 valence electrons. The van der Waals surface area contributed by atoms with Crippen molar-refractivity contribution in [3.05, 3.63) is 47.5 Å². The number of likely N-dealkylation sites (N-methyl/N-ethyl adjacent to an activating group) is 1.